The normalized spacial score (nSPS) is 10.4. The zero-order chi connectivity index (χ0) is 15.6. The number of rotatable bonds is 3. The van der Waals surface area contributed by atoms with Gasteiger partial charge in [0.05, 0.1) is 12.0 Å². The Balaban J connectivity index is 2.18. The first-order chi connectivity index (χ1) is 9.88. The van der Waals surface area contributed by atoms with Crippen LogP contribution in [0.4, 0.5) is 11.4 Å². The number of nitrogen functional groups attached to an aromatic ring is 1. The maximum atomic E-state index is 12.0. The zero-order valence-corrected chi connectivity index (χ0v) is 13.3. The van der Waals surface area contributed by atoms with Crippen molar-refractivity contribution in [2.45, 2.75) is 20.4 Å². The van der Waals surface area contributed by atoms with Crippen LogP contribution in [-0.2, 0) is 11.3 Å². The van der Waals surface area contributed by atoms with E-state index in [9.17, 15) is 9.59 Å². The standard InChI is InChI=1S/C14H15BrN4O2/c1-8-3-4-10(16)5-11(8)18-12(20)6-19-7-17-9(2)13(15)14(19)21/h3-5,7H,6,16H2,1-2H3,(H,18,20). The summed E-state index contributed by atoms with van der Waals surface area (Å²) in [5, 5.41) is 2.74. The van der Waals surface area contributed by atoms with Crippen LogP contribution in [0.25, 0.3) is 0 Å². The molecule has 1 aromatic carbocycles. The Morgan fingerprint density at radius 3 is 2.86 bits per heavy atom. The Kier molecular flexibility index (Phi) is 4.42. The van der Waals surface area contributed by atoms with Gasteiger partial charge in [-0.05, 0) is 47.5 Å². The molecule has 0 unspecified atom stereocenters. The first-order valence-corrected chi connectivity index (χ1v) is 7.05. The fourth-order valence-corrected chi connectivity index (χ4v) is 2.11. The molecule has 0 spiro atoms. The lowest BCUT2D eigenvalue weighted by molar-refractivity contribution is -0.116. The number of nitrogens with zero attached hydrogens (tertiary/aromatic N) is 2. The molecule has 2 rings (SSSR count). The van der Waals surface area contributed by atoms with Crippen LogP contribution in [0.15, 0.2) is 33.8 Å². The number of anilines is 2. The van der Waals surface area contributed by atoms with E-state index in [0.29, 0.717) is 21.5 Å². The van der Waals surface area contributed by atoms with Gasteiger partial charge in [0.1, 0.15) is 11.0 Å². The van der Waals surface area contributed by atoms with E-state index >= 15 is 0 Å². The number of aromatic nitrogens is 2. The summed E-state index contributed by atoms with van der Waals surface area (Å²) < 4.78 is 1.60. The number of carbonyl (C=O) groups is 1. The monoisotopic (exact) mass is 350 g/mol. The van der Waals surface area contributed by atoms with E-state index in [-0.39, 0.29) is 18.0 Å². The highest BCUT2D eigenvalue weighted by Crippen LogP contribution is 2.18. The van der Waals surface area contributed by atoms with E-state index in [2.05, 4.69) is 26.2 Å². The summed E-state index contributed by atoms with van der Waals surface area (Å²) in [4.78, 5) is 28.1. The number of hydrogen-bond acceptors (Lipinski definition) is 4. The topological polar surface area (TPSA) is 90.0 Å². The second kappa shape index (κ2) is 6.09. The van der Waals surface area contributed by atoms with Crippen LogP contribution in [0.1, 0.15) is 11.3 Å². The molecule has 110 valence electrons. The average molecular weight is 351 g/mol. The van der Waals surface area contributed by atoms with Crippen LogP contribution in [-0.4, -0.2) is 15.5 Å². The Hall–Kier alpha value is -2.15. The van der Waals surface area contributed by atoms with Crippen LogP contribution < -0.4 is 16.6 Å². The van der Waals surface area contributed by atoms with Crippen LogP contribution in [0.3, 0.4) is 0 Å². The zero-order valence-electron chi connectivity index (χ0n) is 11.7. The van der Waals surface area contributed by atoms with Crippen LogP contribution in [0.5, 0.6) is 0 Å². The third kappa shape index (κ3) is 3.49. The van der Waals surface area contributed by atoms with E-state index in [1.54, 1.807) is 19.1 Å². The van der Waals surface area contributed by atoms with Crippen molar-refractivity contribution < 1.29 is 4.79 Å². The Morgan fingerprint density at radius 2 is 2.14 bits per heavy atom. The molecule has 0 aliphatic rings. The van der Waals surface area contributed by atoms with Gasteiger partial charge >= 0.3 is 0 Å². The molecule has 1 heterocycles. The molecule has 2 aromatic rings. The number of hydrogen-bond donors (Lipinski definition) is 2. The van der Waals surface area contributed by atoms with E-state index in [1.165, 1.54) is 10.9 Å². The number of benzene rings is 1. The van der Waals surface area contributed by atoms with Gasteiger partial charge in [-0.1, -0.05) is 6.07 Å². The Morgan fingerprint density at radius 1 is 1.43 bits per heavy atom. The Labute approximate surface area is 130 Å². The number of nitrogens with one attached hydrogen (secondary N) is 1. The van der Waals surface area contributed by atoms with Crippen molar-refractivity contribution in [2.75, 3.05) is 11.1 Å². The largest absolute Gasteiger partial charge is 0.399 e. The lowest BCUT2D eigenvalue weighted by atomic mass is 10.2. The van der Waals surface area contributed by atoms with E-state index in [1.807, 2.05) is 13.0 Å². The average Bonchev–Trinajstić information content (AvgIpc) is 2.43. The van der Waals surface area contributed by atoms with Crippen molar-refractivity contribution in [3.8, 4) is 0 Å². The minimum absolute atomic E-state index is 0.112. The van der Waals surface area contributed by atoms with Gasteiger partial charge in [0, 0.05) is 11.4 Å². The molecule has 3 N–H and O–H groups in total. The third-order valence-electron chi connectivity index (χ3n) is 3.01. The van der Waals surface area contributed by atoms with Crippen molar-refractivity contribution in [3.63, 3.8) is 0 Å². The van der Waals surface area contributed by atoms with Gasteiger partial charge < -0.3 is 11.1 Å². The van der Waals surface area contributed by atoms with Crippen molar-refractivity contribution in [3.05, 3.63) is 50.6 Å². The molecular weight excluding hydrogens is 336 g/mol. The molecule has 0 aliphatic carbocycles. The summed E-state index contributed by atoms with van der Waals surface area (Å²) in [6.07, 6.45) is 1.36. The molecule has 0 bridgehead atoms. The molecule has 1 aromatic heterocycles. The number of aryl methyl sites for hydroxylation is 2. The van der Waals surface area contributed by atoms with Crippen LogP contribution in [0.2, 0.25) is 0 Å². The van der Waals surface area contributed by atoms with Crippen molar-refractivity contribution in [2.24, 2.45) is 0 Å². The molecule has 1 amide bonds. The molecule has 0 fully saturated rings. The van der Waals surface area contributed by atoms with Gasteiger partial charge in [-0.2, -0.15) is 0 Å². The van der Waals surface area contributed by atoms with Gasteiger partial charge in [0.25, 0.3) is 5.56 Å². The summed E-state index contributed by atoms with van der Waals surface area (Å²) >= 11 is 3.16. The maximum absolute atomic E-state index is 12.0. The van der Waals surface area contributed by atoms with Crippen LogP contribution in [0, 0.1) is 13.8 Å². The van der Waals surface area contributed by atoms with E-state index < -0.39 is 0 Å². The minimum Gasteiger partial charge on any atom is -0.399 e. The first-order valence-electron chi connectivity index (χ1n) is 6.26. The molecule has 0 radical (unpaired) electrons. The highest BCUT2D eigenvalue weighted by atomic mass is 79.9. The van der Waals surface area contributed by atoms with Gasteiger partial charge in [-0.25, -0.2) is 4.98 Å². The second-order valence-corrected chi connectivity index (χ2v) is 5.49. The number of halogens is 1. The Bertz CT molecular complexity index is 755. The minimum atomic E-state index is -0.316. The predicted octanol–water partition coefficient (Wildman–Crippen LogP) is 1.84. The van der Waals surface area contributed by atoms with Crippen LogP contribution >= 0.6 is 15.9 Å². The van der Waals surface area contributed by atoms with E-state index in [4.69, 9.17) is 5.73 Å². The summed E-state index contributed by atoms with van der Waals surface area (Å²) in [6, 6.07) is 5.26. The van der Waals surface area contributed by atoms with Crippen molar-refractivity contribution in [1.29, 1.82) is 0 Å². The van der Waals surface area contributed by atoms with Crippen molar-refractivity contribution in [1.82, 2.24) is 9.55 Å². The fourth-order valence-electron chi connectivity index (χ4n) is 1.78. The van der Waals surface area contributed by atoms with Gasteiger partial charge in [-0.3, -0.25) is 14.2 Å². The van der Waals surface area contributed by atoms with Gasteiger partial charge in [0.2, 0.25) is 5.91 Å². The predicted molar refractivity (Wildman–Crippen MR) is 85.2 cm³/mol. The lowest BCUT2D eigenvalue weighted by Crippen LogP contribution is -2.29. The number of amides is 1. The molecule has 7 heteroatoms. The molecule has 21 heavy (non-hydrogen) atoms. The molecule has 0 aliphatic heterocycles. The highest BCUT2D eigenvalue weighted by molar-refractivity contribution is 9.10. The molecule has 0 atom stereocenters. The summed E-state index contributed by atoms with van der Waals surface area (Å²) in [7, 11) is 0. The third-order valence-corrected chi connectivity index (χ3v) is 3.92. The quantitative estimate of drug-likeness (QED) is 0.826. The number of carbonyl (C=O) groups excluding carboxylic acids is 1. The molecule has 0 saturated carbocycles. The van der Waals surface area contributed by atoms with Gasteiger partial charge in [0.15, 0.2) is 0 Å². The smallest absolute Gasteiger partial charge is 0.268 e. The van der Waals surface area contributed by atoms with Gasteiger partial charge in [-0.15, -0.1) is 0 Å². The second-order valence-electron chi connectivity index (χ2n) is 4.70. The first kappa shape index (κ1) is 15.2. The van der Waals surface area contributed by atoms with E-state index in [0.717, 1.165) is 5.56 Å². The fraction of sp³-hybridized carbons (Fsp3) is 0.214. The lowest BCUT2D eigenvalue weighted by Gasteiger charge is -2.10. The molecule has 6 nitrogen and oxygen atoms in total. The molecule has 0 saturated heterocycles. The number of nitrogens with two attached hydrogens (primary N) is 1. The van der Waals surface area contributed by atoms with Crippen molar-refractivity contribution >= 4 is 33.2 Å². The maximum Gasteiger partial charge on any atom is 0.268 e. The summed E-state index contributed by atoms with van der Waals surface area (Å²) in [5.74, 6) is -0.316. The highest BCUT2D eigenvalue weighted by Gasteiger charge is 2.10. The summed E-state index contributed by atoms with van der Waals surface area (Å²) in [5.41, 5.74) is 8.08. The SMILES string of the molecule is Cc1ccc(N)cc1NC(=O)Cn1cnc(C)c(Br)c1=O. The summed E-state index contributed by atoms with van der Waals surface area (Å²) in [6.45, 7) is 3.47. The molecular formula is C14H15BrN4O2.